The number of benzene rings is 2. The van der Waals surface area contributed by atoms with E-state index in [4.69, 9.17) is 9.47 Å². The molecule has 42 heavy (non-hydrogen) atoms. The number of ether oxygens (including phenoxy) is 2. The van der Waals surface area contributed by atoms with Crippen molar-refractivity contribution in [3.05, 3.63) is 57.6 Å². The van der Waals surface area contributed by atoms with Crippen molar-refractivity contribution in [1.29, 1.82) is 0 Å². The summed E-state index contributed by atoms with van der Waals surface area (Å²) in [6.45, 7) is 17.7. The Hall–Kier alpha value is -2.82. The van der Waals surface area contributed by atoms with Gasteiger partial charge in [0.1, 0.15) is 17.1 Å². The van der Waals surface area contributed by atoms with Gasteiger partial charge in [-0.25, -0.2) is 9.59 Å². The molecule has 5 heteroatoms. The summed E-state index contributed by atoms with van der Waals surface area (Å²) < 4.78 is 12.6. The molecule has 0 saturated heterocycles. The molecule has 0 aromatic heterocycles. The highest BCUT2D eigenvalue weighted by molar-refractivity contribution is 5.95. The van der Waals surface area contributed by atoms with Gasteiger partial charge >= 0.3 is 11.9 Å². The minimum absolute atomic E-state index is 0.0590. The van der Waals surface area contributed by atoms with Gasteiger partial charge in [0.05, 0.1) is 11.1 Å². The zero-order chi connectivity index (χ0) is 31.0. The summed E-state index contributed by atoms with van der Waals surface area (Å²) in [5.41, 5.74) is 3.99. The molecule has 0 aliphatic carbocycles. The Bertz CT molecular complexity index is 1230. The third-order valence-electron chi connectivity index (χ3n) is 9.38. The van der Waals surface area contributed by atoms with E-state index in [0.717, 1.165) is 65.0 Å². The second kappa shape index (κ2) is 15.1. The van der Waals surface area contributed by atoms with Gasteiger partial charge in [0.2, 0.25) is 0 Å². The highest BCUT2D eigenvalue weighted by Crippen LogP contribution is 2.45. The monoisotopic (exact) mass is 578 g/mol. The molecule has 1 heterocycles. The lowest BCUT2D eigenvalue weighted by Crippen LogP contribution is -2.37. The highest BCUT2D eigenvalue weighted by atomic mass is 16.5. The van der Waals surface area contributed by atoms with Gasteiger partial charge in [-0.1, -0.05) is 78.7 Å². The first kappa shape index (κ1) is 33.7. The minimum atomic E-state index is -1.08. The summed E-state index contributed by atoms with van der Waals surface area (Å²) in [4.78, 5) is 24.3. The lowest BCUT2D eigenvalue weighted by atomic mass is 9.83. The van der Waals surface area contributed by atoms with Gasteiger partial charge in [-0.2, -0.15) is 0 Å². The van der Waals surface area contributed by atoms with E-state index < -0.39 is 11.9 Å². The van der Waals surface area contributed by atoms with Crippen molar-refractivity contribution in [2.45, 2.75) is 132 Å². The van der Waals surface area contributed by atoms with E-state index in [1.165, 1.54) is 63.5 Å². The molecule has 1 aliphatic rings. The second-order valence-electron chi connectivity index (χ2n) is 13.7. The third kappa shape index (κ3) is 9.09. The number of esters is 1. The maximum Gasteiger partial charge on any atom is 0.343 e. The van der Waals surface area contributed by atoms with Crippen LogP contribution >= 0.6 is 0 Å². The number of hydrogen-bond acceptors (Lipinski definition) is 4. The van der Waals surface area contributed by atoms with Gasteiger partial charge in [-0.3, -0.25) is 0 Å². The van der Waals surface area contributed by atoms with Gasteiger partial charge in [0.15, 0.2) is 0 Å². The van der Waals surface area contributed by atoms with Crippen molar-refractivity contribution in [2.75, 3.05) is 0 Å². The van der Waals surface area contributed by atoms with Gasteiger partial charge in [0, 0.05) is 5.56 Å². The first-order valence-corrected chi connectivity index (χ1v) is 16.2. The average molecular weight is 579 g/mol. The first-order valence-electron chi connectivity index (χ1n) is 16.2. The van der Waals surface area contributed by atoms with Crippen LogP contribution in [-0.4, -0.2) is 22.6 Å². The van der Waals surface area contributed by atoms with Gasteiger partial charge in [-0.05, 0) is 106 Å². The van der Waals surface area contributed by atoms with Crippen LogP contribution in [0.5, 0.6) is 11.5 Å². The Morgan fingerprint density at radius 2 is 1.48 bits per heavy atom. The summed E-state index contributed by atoms with van der Waals surface area (Å²) in [6, 6.07) is 5.95. The zero-order valence-corrected chi connectivity index (χ0v) is 27.4. The van der Waals surface area contributed by atoms with E-state index in [-0.39, 0.29) is 16.7 Å². The molecular formula is C37H54O5. The Labute approximate surface area is 254 Å². The SMILES string of the molecule is Cc1c(C)c2c(c(C)c1OC(=O)c1cccc(C(=O)O)c1)CC[C@@](C)(CCC[C@H](C)CCC[C@H](C)CCCC(C)C)O2. The highest BCUT2D eigenvalue weighted by Gasteiger charge is 2.35. The quantitative estimate of drug-likeness (QED) is 0.168. The van der Waals surface area contributed by atoms with Crippen LogP contribution in [0, 0.1) is 38.5 Å². The van der Waals surface area contributed by atoms with E-state index in [1.807, 2.05) is 20.8 Å². The fourth-order valence-corrected chi connectivity index (χ4v) is 6.34. The molecule has 0 amide bonds. The van der Waals surface area contributed by atoms with E-state index in [1.54, 1.807) is 12.1 Å². The molecule has 2 aromatic carbocycles. The first-order chi connectivity index (χ1) is 19.8. The number of carbonyl (C=O) groups is 2. The third-order valence-corrected chi connectivity index (χ3v) is 9.38. The number of rotatable bonds is 15. The number of carboxylic acids is 1. The topological polar surface area (TPSA) is 72.8 Å². The Balaban J connectivity index is 1.56. The molecule has 5 nitrogen and oxygen atoms in total. The standard InChI is InChI=1S/C37H54O5/c1-24(2)13-9-14-25(3)15-10-16-26(4)17-12-21-37(8)22-20-32-29(7)33(27(5)28(6)34(32)42-37)41-36(40)31-19-11-18-30(23-31)35(38)39/h11,18-19,23-26H,9-10,12-17,20-22H2,1-8H3,(H,38,39)/t25-,26-,37-/m1/s1. The van der Waals surface area contributed by atoms with Gasteiger partial charge < -0.3 is 14.6 Å². The van der Waals surface area contributed by atoms with Crippen molar-refractivity contribution < 1.29 is 24.2 Å². The number of fused-ring (bicyclic) bond motifs is 1. The van der Waals surface area contributed by atoms with Crippen LogP contribution in [0.4, 0.5) is 0 Å². The van der Waals surface area contributed by atoms with Crippen LogP contribution in [0.1, 0.15) is 142 Å². The van der Waals surface area contributed by atoms with Crippen molar-refractivity contribution in [2.24, 2.45) is 17.8 Å². The molecule has 3 rings (SSSR count). The lowest BCUT2D eigenvalue weighted by molar-refractivity contribution is 0.0508. The molecule has 0 bridgehead atoms. The summed E-state index contributed by atoms with van der Waals surface area (Å²) >= 11 is 0. The van der Waals surface area contributed by atoms with Gasteiger partial charge in [0.25, 0.3) is 0 Å². The molecule has 1 aliphatic heterocycles. The second-order valence-corrected chi connectivity index (χ2v) is 13.7. The van der Waals surface area contributed by atoms with Crippen LogP contribution in [-0.2, 0) is 6.42 Å². The minimum Gasteiger partial charge on any atom is -0.487 e. The van der Waals surface area contributed by atoms with E-state index >= 15 is 0 Å². The predicted octanol–water partition coefficient (Wildman–Crippen LogP) is 10.1. The van der Waals surface area contributed by atoms with Gasteiger partial charge in [-0.15, -0.1) is 0 Å². The smallest absolute Gasteiger partial charge is 0.343 e. The molecule has 0 spiro atoms. The van der Waals surface area contributed by atoms with Crippen LogP contribution in [0.15, 0.2) is 24.3 Å². The Morgan fingerprint density at radius 1 is 0.881 bits per heavy atom. The molecular weight excluding hydrogens is 524 g/mol. The molecule has 1 N–H and O–H groups in total. The summed E-state index contributed by atoms with van der Waals surface area (Å²) in [5, 5.41) is 9.28. The number of carboxylic acid groups (broad SMARTS) is 1. The molecule has 0 radical (unpaired) electrons. The molecule has 0 fully saturated rings. The normalized spacial score (nSPS) is 17.8. The van der Waals surface area contributed by atoms with Crippen molar-refractivity contribution in [3.8, 4) is 11.5 Å². The molecule has 2 aromatic rings. The Morgan fingerprint density at radius 3 is 2.10 bits per heavy atom. The molecule has 0 saturated carbocycles. The number of hydrogen-bond donors (Lipinski definition) is 1. The van der Waals surface area contributed by atoms with Crippen molar-refractivity contribution >= 4 is 11.9 Å². The van der Waals surface area contributed by atoms with Crippen molar-refractivity contribution in [1.82, 2.24) is 0 Å². The molecule has 0 unspecified atom stereocenters. The Kier molecular flexibility index (Phi) is 12.1. The van der Waals surface area contributed by atoms with E-state index in [0.29, 0.717) is 5.75 Å². The number of aromatic carboxylic acids is 1. The zero-order valence-electron chi connectivity index (χ0n) is 27.4. The van der Waals surface area contributed by atoms with Crippen molar-refractivity contribution in [3.63, 3.8) is 0 Å². The summed E-state index contributed by atoms with van der Waals surface area (Å²) in [6.07, 6.45) is 13.3. The van der Waals surface area contributed by atoms with E-state index in [2.05, 4.69) is 34.6 Å². The lowest BCUT2D eigenvalue weighted by Gasteiger charge is -2.38. The maximum absolute atomic E-state index is 13.0. The fraction of sp³-hybridized carbons (Fsp3) is 0.622. The summed E-state index contributed by atoms with van der Waals surface area (Å²) in [7, 11) is 0. The van der Waals surface area contributed by atoms with Crippen LogP contribution in [0.2, 0.25) is 0 Å². The van der Waals surface area contributed by atoms with E-state index in [9.17, 15) is 14.7 Å². The average Bonchev–Trinajstić information content (AvgIpc) is 2.93. The largest absolute Gasteiger partial charge is 0.487 e. The van der Waals surface area contributed by atoms with Crippen LogP contribution < -0.4 is 9.47 Å². The molecule has 232 valence electrons. The molecule has 3 atom stereocenters. The summed E-state index contributed by atoms with van der Waals surface area (Å²) in [5.74, 6) is 2.25. The maximum atomic E-state index is 13.0. The van der Waals surface area contributed by atoms with Crippen LogP contribution in [0.3, 0.4) is 0 Å². The fourth-order valence-electron chi connectivity index (χ4n) is 6.34. The van der Waals surface area contributed by atoms with Crippen LogP contribution in [0.25, 0.3) is 0 Å². The predicted molar refractivity (Wildman–Crippen MR) is 171 cm³/mol. The number of carbonyl (C=O) groups excluding carboxylic acids is 1.